The minimum atomic E-state index is -0.454. The van der Waals surface area contributed by atoms with Gasteiger partial charge in [-0.2, -0.15) is 0 Å². The van der Waals surface area contributed by atoms with Crippen molar-refractivity contribution in [2.45, 2.75) is 17.9 Å². The first-order chi connectivity index (χ1) is 12.4. The predicted molar refractivity (Wildman–Crippen MR) is 99.9 cm³/mol. The third-order valence-corrected chi connectivity index (χ3v) is 4.71. The van der Waals surface area contributed by atoms with Gasteiger partial charge in [-0.25, -0.2) is 0 Å². The first-order valence-electron chi connectivity index (χ1n) is 7.83. The largest absolute Gasteiger partial charge is 0.497 e. The van der Waals surface area contributed by atoms with E-state index in [1.165, 1.54) is 23.9 Å². The summed E-state index contributed by atoms with van der Waals surface area (Å²) in [5.41, 5.74) is 0.845. The molecule has 0 saturated heterocycles. The van der Waals surface area contributed by atoms with Gasteiger partial charge < -0.3 is 14.8 Å². The minimum Gasteiger partial charge on any atom is -0.497 e. The number of nitro benzene ring substituents is 1. The molecule has 7 nitrogen and oxygen atoms in total. The lowest BCUT2D eigenvalue weighted by molar-refractivity contribution is -0.384. The van der Waals surface area contributed by atoms with Crippen LogP contribution >= 0.6 is 11.8 Å². The number of thioether (sulfide) groups is 1. The second-order valence-corrected chi connectivity index (χ2v) is 6.49. The molecule has 26 heavy (non-hydrogen) atoms. The molecule has 2 aromatic carbocycles. The summed E-state index contributed by atoms with van der Waals surface area (Å²) in [4.78, 5) is 23.2. The highest BCUT2D eigenvalue weighted by molar-refractivity contribution is 8.00. The molecule has 0 fully saturated rings. The highest BCUT2D eigenvalue weighted by Gasteiger charge is 2.15. The summed E-state index contributed by atoms with van der Waals surface area (Å²) < 4.78 is 10.6. The Labute approximate surface area is 155 Å². The lowest BCUT2D eigenvalue weighted by atomic mass is 10.1. The SMILES string of the molecule is COc1ccc(OC)c([C@@H](C)NC(=O)CSc2ccc([N+](=O)[O-])cc2)c1. The number of amides is 1. The standard InChI is InChI=1S/C18H20N2O5S/c1-12(16-10-14(24-2)6-9-17(16)25-3)19-18(21)11-26-15-7-4-13(5-8-15)20(22)23/h4-10,12H,11H2,1-3H3,(H,19,21)/t12-/m1/s1. The van der Waals surface area contributed by atoms with E-state index in [1.54, 1.807) is 38.5 Å². The Morgan fingerprint density at radius 1 is 1.19 bits per heavy atom. The summed E-state index contributed by atoms with van der Waals surface area (Å²) in [6.45, 7) is 1.87. The topological polar surface area (TPSA) is 90.7 Å². The number of carbonyl (C=O) groups excluding carboxylic acids is 1. The van der Waals surface area contributed by atoms with Crippen LogP contribution in [0.4, 0.5) is 5.69 Å². The lowest BCUT2D eigenvalue weighted by Gasteiger charge is -2.18. The molecule has 0 unspecified atom stereocenters. The smallest absolute Gasteiger partial charge is 0.269 e. The highest BCUT2D eigenvalue weighted by Crippen LogP contribution is 2.29. The van der Waals surface area contributed by atoms with Crippen LogP contribution < -0.4 is 14.8 Å². The second-order valence-electron chi connectivity index (χ2n) is 5.44. The number of methoxy groups -OCH3 is 2. The number of nitrogens with zero attached hydrogens (tertiary/aromatic N) is 1. The molecule has 0 saturated carbocycles. The van der Waals surface area contributed by atoms with Crippen LogP contribution in [0.2, 0.25) is 0 Å². The van der Waals surface area contributed by atoms with Crippen LogP contribution in [-0.4, -0.2) is 30.8 Å². The Hall–Kier alpha value is -2.74. The molecule has 138 valence electrons. The van der Waals surface area contributed by atoms with E-state index in [9.17, 15) is 14.9 Å². The van der Waals surface area contributed by atoms with Gasteiger partial charge in [-0.15, -0.1) is 11.8 Å². The van der Waals surface area contributed by atoms with E-state index >= 15 is 0 Å². The highest BCUT2D eigenvalue weighted by atomic mass is 32.2. The van der Waals surface area contributed by atoms with Crippen LogP contribution in [0.3, 0.4) is 0 Å². The molecule has 0 aliphatic carbocycles. The molecule has 0 bridgehead atoms. The van der Waals surface area contributed by atoms with E-state index in [-0.39, 0.29) is 23.4 Å². The molecule has 8 heteroatoms. The molecule has 0 radical (unpaired) electrons. The number of ether oxygens (including phenoxy) is 2. The molecule has 0 aromatic heterocycles. The van der Waals surface area contributed by atoms with Gasteiger partial charge in [0.05, 0.1) is 30.9 Å². The minimum absolute atomic E-state index is 0.0255. The second kappa shape index (κ2) is 9.10. The molecule has 0 aliphatic heterocycles. The number of carbonyl (C=O) groups is 1. The number of non-ortho nitro benzene ring substituents is 1. The number of nitrogens with one attached hydrogen (secondary N) is 1. The van der Waals surface area contributed by atoms with Crippen LogP contribution in [0.25, 0.3) is 0 Å². The van der Waals surface area contributed by atoms with Gasteiger partial charge in [0.1, 0.15) is 11.5 Å². The Balaban J connectivity index is 1.95. The molecule has 1 atom stereocenters. The first kappa shape index (κ1) is 19.6. The zero-order valence-electron chi connectivity index (χ0n) is 14.7. The van der Waals surface area contributed by atoms with Gasteiger partial charge in [0.15, 0.2) is 0 Å². The van der Waals surface area contributed by atoms with E-state index in [2.05, 4.69) is 5.32 Å². The molecule has 1 amide bonds. The molecule has 2 rings (SSSR count). The zero-order valence-corrected chi connectivity index (χ0v) is 15.5. The summed E-state index contributed by atoms with van der Waals surface area (Å²) in [5.74, 6) is 1.41. The lowest BCUT2D eigenvalue weighted by Crippen LogP contribution is -2.28. The quantitative estimate of drug-likeness (QED) is 0.430. The van der Waals surface area contributed by atoms with E-state index < -0.39 is 4.92 Å². The van der Waals surface area contributed by atoms with Gasteiger partial charge in [-0.1, -0.05) is 0 Å². The average molecular weight is 376 g/mol. The van der Waals surface area contributed by atoms with Crippen LogP contribution in [0.5, 0.6) is 11.5 Å². The van der Waals surface area contributed by atoms with Crippen molar-refractivity contribution in [3.63, 3.8) is 0 Å². The van der Waals surface area contributed by atoms with Crippen LogP contribution in [0.15, 0.2) is 47.4 Å². The number of hydrogen-bond acceptors (Lipinski definition) is 6. The summed E-state index contributed by atoms with van der Waals surface area (Å²) in [6, 6.07) is 11.3. The van der Waals surface area contributed by atoms with Crippen molar-refractivity contribution < 1.29 is 19.2 Å². The zero-order chi connectivity index (χ0) is 19.1. The van der Waals surface area contributed by atoms with Gasteiger partial charge in [-0.3, -0.25) is 14.9 Å². The van der Waals surface area contributed by atoms with Gasteiger partial charge >= 0.3 is 0 Å². The Morgan fingerprint density at radius 2 is 1.88 bits per heavy atom. The average Bonchev–Trinajstić information content (AvgIpc) is 2.66. The number of nitro groups is 1. The fourth-order valence-electron chi connectivity index (χ4n) is 2.35. The van der Waals surface area contributed by atoms with E-state index in [0.717, 1.165) is 10.5 Å². The predicted octanol–water partition coefficient (Wildman–Crippen LogP) is 3.58. The summed E-state index contributed by atoms with van der Waals surface area (Å²) in [7, 11) is 3.15. The van der Waals surface area contributed by atoms with Crippen molar-refractivity contribution in [1.82, 2.24) is 5.32 Å². The Bertz CT molecular complexity index is 780. The van der Waals surface area contributed by atoms with E-state index in [0.29, 0.717) is 11.5 Å². The normalized spacial score (nSPS) is 11.5. The van der Waals surface area contributed by atoms with Gasteiger partial charge in [0.2, 0.25) is 5.91 Å². The molecule has 0 heterocycles. The number of benzene rings is 2. The van der Waals surface area contributed by atoms with Crippen molar-refractivity contribution in [2.75, 3.05) is 20.0 Å². The maximum absolute atomic E-state index is 12.2. The van der Waals surface area contributed by atoms with Crippen molar-refractivity contribution >= 4 is 23.4 Å². The van der Waals surface area contributed by atoms with Crippen LogP contribution in [-0.2, 0) is 4.79 Å². The maximum Gasteiger partial charge on any atom is 0.269 e. The fourth-order valence-corrected chi connectivity index (χ4v) is 3.06. The van der Waals surface area contributed by atoms with Crippen molar-refractivity contribution in [3.05, 3.63) is 58.1 Å². The van der Waals surface area contributed by atoms with Crippen molar-refractivity contribution in [2.24, 2.45) is 0 Å². The molecular weight excluding hydrogens is 356 g/mol. The van der Waals surface area contributed by atoms with Crippen molar-refractivity contribution in [3.8, 4) is 11.5 Å². The van der Waals surface area contributed by atoms with E-state index in [1.807, 2.05) is 13.0 Å². The number of rotatable bonds is 8. The third kappa shape index (κ3) is 5.13. The van der Waals surface area contributed by atoms with Crippen LogP contribution in [0.1, 0.15) is 18.5 Å². The molecule has 1 N–H and O–H groups in total. The first-order valence-corrected chi connectivity index (χ1v) is 8.81. The summed E-state index contributed by atoms with van der Waals surface area (Å²) >= 11 is 1.31. The third-order valence-electron chi connectivity index (χ3n) is 3.70. The fraction of sp³-hybridized carbons (Fsp3) is 0.278. The molecular formula is C18H20N2O5S. The van der Waals surface area contributed by atoms with Crippen LogP contribution in [0, 0.1) is 10.1 Å². The Morgan fingerprint density at radius 3 is 2.46 bits per heavy atom. The molecule has 0 aliphatic rings. The number of hydrogen-bond donors (Lipinski definition) is 1. The van der Waals surface area contributed by atoms with Gasteiger partial charge in [0, 0.05) is 22.6 Å². The summed E-state index contributed by atoms with van der Waals surface area (Å²) in [5, 5.41) is 13.6. The Kier molecular flexibility index (Phi) is 6.85. The van der Waals surface area contributed by atoms with Gasteiger partial charge in [0.25, 0.3) is 5.69 Å². The van der Waals surface area contributed by atoms with Gasteiger partial charge in [-0.05, 0) is 37.3 Å². The van der Waals surface area contributed by atoms with Crippen molar-refractivity contribution in [1.29, 1.82) is 0 Å². The monoisotopic (exact) mass is 376 g/mol. The van der Waals surface area contributed by atoms with E-state index in [4.69, 9.17) is 9.47 Å². The molecule has 2 aromatic rings. The maximum atomic E-state index is 12.2. The molecule has 0 spiro atoms. The summed E-state index contributed by atoms with van der Waals surface area (Å²) in [6.07, 6.45) is 0.